The highest BCUT2D eigenvalue weighted by molar-refractivity contribution is 6.32. The molecule has 0 bridgehead atoms. The topological polar surface area (TPSA) is 56.0 Å². The molecule has 1 aromatic carbocycles. The van der Waals surface area contributed by atoms with Crippen LogP contribution < -0.4 is 4.90 Å². The van der Waals surface area contributed by atoms with Crippen LogP contribution in [0, 0.1) is 12.7 Å². The first kappa shape index (κ1) is 22.1. The monoisotopic (exact) mass is 467 g/mol. The van der Waals surface area contributed by atoms with Gasteiger partial charge in [0.2, 0.25) is 0 Å². The van der Waals surface area contributed by atoms with Crippen molar-refractivity contribution in [3.8, 4) is 5.69 Å². The molecule has 1 amide bonds. The van der Waals surface area contributed by atoms with Gasteiger partial charge in [-0.05, 0) is 44.5 Å². The average Bonchev–Trinajstić information content (AvgIpc) is 3.38. The van der Waals surface area contributed by atoms with Crippen molar-refractivity contribution in [3.63, 3.8) is 0 Å². The van der Waals surface area contributed by atoms with Crippen LogP contribution in [0.15, 0.2) is 36.5 Å². The summed E-state index contributed by atoms with van der Waals surface area (Å²) in [5, 5.41) is 7.39. The Morgan fingerprint density at radius 3 is 2.66 bits per heavy atom. The molecule has 11 heteroatoms. The smallest absolute Gasteiger partial charge is 0.307 e. The molecule has 4 rings (SSSR count). The summed E-state index contributed by atoms with van der Waals surface area (Å²) in [6.07, 6.45) is 0.479. The zero-order chi connectivity index (χ0) is 23.2. The van der Waals surface area contributed by atoms with Crippen LogP contribution in [0.3, 0.4) is 0 Å². The average molecular weight is 468 g/mol. The second-order valence-corrected chi connectivity index (χ2v) is 7.67. The van der Waals surface area contributed by atoms with E-state index in [-0.39, 0.29) is 18.7 Å². The van der Waals surface area contributed by atoms with Crippen molar-refractivity contribution in [1.82, 2.24) is 19.6 Å². The summed E-state index contributed by atoms with van der Waals surface area (Å²) in [7, 11) is 0. The molecule has 1 aliphatic heterocycles. The highest BCUT2D eigenvalue weighted by atomic mass is 35.5. The lowest BCUT2D eigenvalue weighted by molar-refractivity contribution is -0.141. The first-order valence-electron chi connectivity index (χ1n) is 9.73. The Balaban J connectivity index is 1.71. The molecule has 0 N–H and O–H groups in total. The SMILES string of the molecule is C/C=C/c1c(N2CCC(n3nc(C(F)(F)F)c(Cl)c3C)C2=O)cnn1-c1cccc(F)c1. The van der Waals surface area contributed by atoms with E-state index in [1.807, 2.05) is 0 Å². The third-order valence-corrected chi connectivity index (χ3v) is 5.72. The molecule has 6 nitrogen and oxygen atoms in total. The van der Waals surface area contributed by atoms with E-state index < -0.39 is 34.7 Å². The van der Waals surface area contributed by atoms with Gasteiger partial charge in [-0.1, -0.05) is 23.7 Å². The molecule has 0 aliphatic carbocycles. The van der Waals surface area contributed by atoms with Gasteiger partial charge in [-0.2, -0.15) is 23.4 Å². The number of amides is 1. The Kier molecular flexibility index (Phi) is 5.58. The zero-order valence-corrected chi connectivity index (χ0v) is 17.8. The maximum atomic E-state index is 13.7. The number of alkyl halides is 3. The zero-order valence-electron chi connectivity index (χ0n) is 17.1. The number of halogens is 5. The molecule has 1 saturated heterocycles. The van der Waals surface area contributed by atoms with Crippen LogP contribution >= 0.6 is 11.6 Å². The summed E-state index contributed by atoms with van der Waals surface area (Å²) < 4.78 is 55.8. The molecule has 1 aliphatic rings. The number of carbonyl (C=O) groups is 1. The molecule has 32 heavy (non-hydrogen) atoms. The van der Waals surface area contributed by atoms with E-state index in [2.05, 4.69) is 10.2 Å². The van der Waals surface area contributed by atoms with Crippen LogP contribution in [-0.4, -0.2) is 32.0 Å². The van der Waals surface area contributed by atoms with Gasteiger partial charge in [0.15, 0.2) is 5.69 Å². The van der Waals surface area contributed by atoms with Gasteiger partial charge >= 0.3 is 6.18 Å². The number of nitrogens with zero attached hydrogens (tertiary/aromatic N) is 5. The minimum absolute atomic E-state index is 0.0725. The van der Waals surface area contributed by atoms with Gasteiger partial charge in [-0.25, -0.2) is 9.07 Å². The Hall–Kier alpha value is -3.14. The van der Waals surface area contributed by atoms with Crippen molar-refractivity contribution in [2.24, 2.45) is 0 Å². The van der Waals surface area contributed by atoms with Crippen LogP contribution in [0.25, 0.3) is 11.8 Å². The molecular weight excluding hydrogens is 450 g/mol. The lowest BCUT2D eigenvalue weighted by Crippen LogP contribution is -2.29. The van der Waals surface area contributed by atoms with Gasteiger partial charge in [-0.3, -0.25) is 9.48 Å². The van der Waals surface area contributed by atoms with Crippen LogP contribution in [0.4, 0.5) is 23.2 Å². The molecule has 168 valence electrons. The highest BCUT2D eigenvalue weighted by Gasteiger charge is 2.42. The number of hydrogen-bond donors (Lipinski definition) is 0. The van der Waals surface area contributed by atoms with Gasteiger partial charge in [0.05, 0.1) is 34.0 Å². The Morgan fingerprint density at radius 1 is 1.28 bits per heavy atom. The molecule has 1 atom stereocenters. The third kappa shape index (κ3) is 3.68. The predicted octanol–water partition coefficient (Wildman–Crippen LogP) is 5.20. The van der Waals surface area contributed by atoms with Gasteiger partial charge in [0.1, 0.15) is 11.9 Å². The predicted molar refractivity (Wildman–Crippen MR) is 111 cm³/mol. The third-order valence-electron chi connectivity index (χ3n) is 5.27. The molecule has 2 aromatic heterocycles. The number of benzene rings is 1. The van der Waals surface area contributed by atoms with Crippen LogP contribution in [0.2, 0.25) is 5.02 Å². The fraction of sp³-hybridized carbons (Fsp3) is 0.286. The van der Waals surface area contributed by atoms with E-state index in [9.17, 15) is 22.4 Å². The number of carbonyl (C=O) groups excluding carboxylic acids is 1. The van der Waals surface area contributed by atoms with Crippen molar-refractivity contribution in [1.29, 1.82) is 0 Å². The lowest BCUT2D eigenvalue weighted by atomic mass is 10.2. The summed E-state index contributed by atoms with van der Waals surface area (Å²) in [4.78, 5) is 14.7. The molecular formula is C21H18ClF4N5O. The summed E-state index contributed by atoms with van der Waals surface area (Å²) in [6.45, 7) is 3.43. The Morgan fingerprint density at radius 2 is 2.03 bits per heavy atom. The molecule has 1 fully saturated rings. The van der Waals surface area contributed by atoms with E-state index in [0.29, 0.717) is 17.1 Å². The van der Waals surface area contributed by atoms with Crippen molar-refractivity contribution in [3.05, 3.63) is 64.5 Å². The molecule has 3 aromatic rings. The van der Waals surface area contributed by atoms with Gasteiger partial charge in [0, 0.05) is 6.54 Å². The van der Waals surface area contributed by atoms with Crippen molar-refractivity contribution < 1.29 is 22.4 Å². The lowest BCUT2D eigenvalue weighted by Gasteiger charge is -2.17. The second kappa shape index (κ2) is 8.09. The molecule has 0 spiro atoms. The fourth-order valence-electron chi connectivity index (χ4n) is 3.80. The van der Waals surface area contributed by atoms with E-state index in [4.69, 9.17) is 11.6 Å². The van der Waals surface area contributed by atoms with E-state index in [1.54, 1.807) is 31.2 Å². The second-order valence-electron chi connectivity index (χ2n) is 7.29. The number of allylic oxidation sites excluding steroid dienone is 1. The van der Waals surface area contributed by atoms with E-state index in [0.717, 1.165) is 4.68 Å². The largest absolute Gasteiger partial charge is 0.436 e. The summed E-state index contributed by atoms with van der Waals surface area (Å²) in [5.74, 6) is -0.861. The maximum Gasteiger partial charge on any atom is 0.436 e. The quantitative estimate of drug-likeness (QED) is 0.496. The molecule has 3 heterocycles. The van der Waals surface area contributed by atoms with E-state index in [1.165, 1.54) is 34.8 Å². The van der Waals surface area contributed by atoms with Crippen molar-refractivity contribution in [2.75, 3.05) is 11.4 Å². The van der Waals surface area contributed by atoms with Gasteiger partial charge in [-0.15, -0.1) is 0 Å². The number of hydrogen-bond acceptors (Lipinski definition) is 3. The normalized spacial score (nSPS) is 17.2. The van der Waals surface area contributed by atoms with Crippen molar-refractivity contribution >= 4 is 29.3 Å². The minimum atomic E-state index is -4.72. The minimum Gasteiger partial charge on any atom is -0.307 e. The summed E-state index contributed by atoms with van der Waals surface area (Å²) in [6, 6.07) is 4.91. The Bertz CT molecular complexity index is 1210. The number of rotatable bonds is 4. The van der Waals surface area contributed by atoms with E-state index >= 15 is 0 Å². The first-order valence-corrected chi connectivity index (χ1v) is 10.1. The number of aromatic nitrogens is 4. The molecule has 0 saturated carbocycles. The maximum absolute atomic E-state index is 13.7. The molecule has 0 radical (unpaired) electrons. The first-order chi connectivity index (χ1) is 15.1. The van der Waals surface area contributed by atoms with Crippen molar-refractivity contribution in [2.45, 2.75) is 32.5 Å². The Labute approximate surface area is 185 Å². The van der Waals surface area contributed by atoms with Crippen LogP contribution in [0.5, 0.6) is 0 Å². The highest BCUT2D eigenvalue weighted by Crippen LogP contribution is 2.39. The summed E-state index contributed by atoms with van der Waals surface area (Å²) >= 11 is 5.85. The van der Waals surface area contributed by atoms with Gasteiger partial charge < -0.3 is 4.90 Å². The molecule has 1 unspecified atom stereocenters. The fourth-order valence-corrected chi connectivity index (χ4v) is 4.03. The van der Waals surface area contributed by atoms with Crippen LogP contribution in [-0.2, 0) is 11.0 Å². The van der Waals surface area contributed by atoms with Gasteiger partial charge in [0.25, 0.3) is 5.91 Å². The number of anilines is 1. The van der Waals surface area contributed by atoms with Crippen LogP contribution in [0.1, 0.15) is 36.5 Å². The standard InChI is InChI=1S/C21H18ClF4N5O/c1-3-5-15-17(11-27-31(15)14-7-4-6-13(23)10-14)29-9-8-16(20(29)32)30-12(2)18(22)19(28-30)21(24,25)26/h3-7,10-11,16H,8-9H2,1-2H3/b5-3+. The summed E-state index contributed by atoms with van der Waals surface area (Å²) in [5.41, 5.74) is 0.335.